The molecule has 21 heavy (non-hydrogen) atoms. The van der Waals surface area contributed by atoms with Gasteiger partial charge >= 0.3 is 0 Å². The zero-order valence-electron chi connectivity index (χ0n) is 12.8. The molecule has 1 saturated heterocycles. The molecule has 4 heteroatoms. The smallest absolute Gasteiger partial charge is 0.221 e. The van der Waals surface area contributed by atoms with E-state index in [9.17, 15) is 0 Å². The number of fused-ring (bicyclic) bond motifs is 1. The fourth-order valence-electron chi connectivity index (χ4n) is 2.94. The summed E-state index contributed by atoms with van der Waals surface area (Å²) >= 11 is 0. The molecule has 0 radical (unpaired) electrons. The lowest BCUT2D eigenvalue weighted by molar-refractivity contribution is 0.211. The number of piperidine rings is 1. The van der Waals surface area contributed by atoms with Crippen molar-refractivity contribution in [3.05, 3.63) is 30.0 Å². The van der Waals surface area contributed by atoms with E-state index in [1.165, 1.54) is 18.2 Å². The number of pyridine rings is 1. The van der Waals surface area contributed by atoms with Crippen molar-refractivity contribution >= 4 is 16.5 Å². The van der Waals surface area contributed by atoms with Crippen molar-refractivity contribution in [2.45, 2.75) is 19.8 Å². The molecule has 0 bridgehead atoms. The van der Waals surface area contributed by atoms with Gasteiger partial charge in [0.1, 0.15) is 0 Å². The predicted octanol–water partition coefficient (Wildman–Crippen LogP) is 2.96. The van der Waals surface area contributed by atoms with E-state index in [0.29, 0.717) is 5.92 Å². The SMILES string of the molecule is CNc1cccc2c(OCC3CCNCC3)nc(C)cc12. The van der Waals surface area contributed by atoms with Gasteiger partial charge in [0, 0.05) is 29.2 Å². The lowest BCUT2D eigenvalue weighted by Crippen LogP contribution is -2.30. The van der Waals surface area contributed by atoms with Crippen LogP contribution in [-0.4, -0.2) is 31.7 Å². The highest BCUT2D eigenvalue weighted by molar-refractivity contribution is 5.96. The topological polar surface area (TPSA) is 46.2 Å². The molecule has 1 aliphatic rings. The molecule has 0 spiro atoms. The zero-order valence-corrected chi connectivity index (χ0v) is 12.8. The fraction of sp³-hybridized carbons (Fsp3) is 0.471. The monoisotopic (exact) mass is 285 g/mol. The average molecular weight is 285 g/mol. The van der Waals surface area contributed by atoms with E-state index in [1.807, 2.05) is 20.0 Å². The van der Waals surface area contributed by atoms with Crippen LogP contribution in [0.5, 0.6) is 5.88 Å². The van der Waals surface area contributed by atoms with Crippen LogP contribution in [0.25, 0.3) is 10.8 Å². The summed E-state index contributed by atoms with van der Waals surface area (Å²) in [7, 11) is 1.94. The molecule has 2 aromatic rings. The number of rotatable bonds is 4. The molecule has 1 fully saturated rings. The number of nitrogens with one attached hydrogen (secondary N) is 2. The zero-order chi connectivity index (χ0) is 14.7. The van der Waals surface area contributed by atoms with Crippen molar-refractivity contribution in [2.75, 3.05) is 32.1 Å². The highest BCUT2D eigenvalue weighted by Crippen LogP contribution is 2.30. The minimum Gasteiger partial charge on any atom is -0.477 e. The van der Waals surface area contributed by atoms with Crippen molar-refractivity contribution in [1.82, 2.24) is 10.3 Å². The molecule has 0 amide bonds. The van der Waals surface area contributed by atoms with Crippen LogP contribution in [0.2, 0.25) is 0 Å². The van der Waals surface area contributed by atoms with Gasteiger partial charge in [-0.3, -0.25) is 0 Å². The third-order valence-corrected chi connectivity index (χ3v) is 4.15. The Labute approximate surface area is 125 Å². The first kappa shape index (κ1) is 14.1. The van der Waals surface area contributed by atoms with E-state index >= 15 is 0 Å². The molecule has 3 rings (SSSR count). The maximum atomic E-state index is 6.07. The summed E-state index contributed by atoms with van der Waals surface area (Å²) in [5.41, 5.74) is 2.11. The second-order valence-electron chi connectivity index (χ2n) is 5.72. The van der Waals surface area contributed by atoms with Crippen molar-refractivity contribution in [1.29, 1.82) is 0 Å². The van der Waals surface area contributed by atoms with Crippen LogP contribution in [0.4, 0.5) is 5.69 Å². The maximum absolute atomic E-state index is 6.07. The maximum Gasteiger partial charge on any atom is 0.221 e. The molecule has 0 aliphatic carbocycles. The summed E-state index contributed by atoms with van der Waals surface area (Å²) in [6, 6.07) is 8.32. The third kappa shape index (κ3) is 3.10. The number of nitrogens with zero attached hydrogens (tertiary/aromatic N) is 1. The van der Waals surface area contributed by atoms with Gasteiger partial charge in [0.2, 0.25) is 5.88 Å². The van der Waals surface area contributed by atoms with Crippen LogP contribution in [-0.2, 0) is 0 Å². The van der Waals surface area contributed by atoms with Crippen LogP contribution in [0.15, 0.2) is 24.3 Å². The van der Waals surface area contributed by atoms with Gasteiger partial charge in [0.15, 0.2) is 0 Å². The van der Waals surface area contributed by atoms with Crippen LogP contribution < -0.4 is 15.4 Å². The molecule has 2 heterocycles. The van der Waals surface area contributed by atoms with E-state index in [-0.39, 0.29) is 0 Å². The van der Waals surface area contributed by atoms with Gasteiger partial charge < -0.3 is 15.4 Å². The predicted molar refractivity (Wildman–Crippen MR) is 87.1 cm³/mol. The van der Waals surface area contributed by atoms with Gasteiger partial charge in [-0.2, -0.15) is 0 Å². The van der Waals surface area contributed by atoms with Crippen LogP contribution in [0, 0.1) is 12.8 Å². The molecule has 0 saturated carbocycles. The largest absolute Gasteiger partial charge is 0.477 e. The summed E-state index contributed by atoms with van der Waals surface area (Å²) in [5.74, 6) is 1.40. The average Bonchev–Trinajstić information content (AvgIpc) is 2.53. The molecule has 1 aliphatic heterocycles. The van der Waals surface area contributed by atoms with Crippen molar-refractivity contribution in [2.24, 2.45) is 5.92 Å². The molecule has 2 N–H and O–H groups in total. The molecular formula is C17H23N3O. The van der Waals surface area contributed by atoms with E-state index in [1.54, 1.807) is 0 Å². The number of aromatic nitrogens is 1. The number of hydrogen-bond acceptors (Lipinski definition) is 4. The Morgan fingerprint density at radius 3 is 2.86 bits per heavy atom. The van der Waals surface area contributed by atoms with Gasteiger partial charge in [0.05, 0.1) is 6.61 Å². The molecule has 0 atom stereocenters. The number of ether oxygens (including phenoxy) is 1. The minimum atomic E-state index is 0.635. The summed E-state index contributed by atoms with van der Waals surface area (Å²) in [6.45, 7) is 4.97. The highest BCUT2D eigenvalue weighted by Gasteiger charge is 2.15. The molecular weight excluding hydrogens is 262 g/mol. The van der Waals surface area contributed by atoms with E-state index in [2.05, 4.69) is 33.8 Å². The Balaban J connectivity index is 1.87. The van der Waals surface area contributed by atoms with Crippen molar-refractivity contribution < 1.29 is 4.74 Å². The quantitative estimate of drug-likeness (QED) is 0.906. The second kappa shape index (κ2) is 6.31. The Bertz CT molecular complexity index is 621. The van der Waals surface area contributed by atoms with Gasteiger partial charge in [-0.1, -0.05) is 6.07 Å². The van der Waals surface area contributed by atoms with E-state index < -0.39 is 0 Å². The molecule has 112 valence electrons. The standard InChI is InChI=1S/C17H23N3O/c1-12-10-15-14(4-3-5-16(15)18-2)17(20-12)21-11-13-6-8-19-9-7-13/h3-5,10,13,18-19H,6-9,11H2,1-2H3. The Kier molecular flexibility index (Phi) is 4.25. The summed E-state index contributed by atoms with van der Waals surface area (Å²) in [5, 5.41) is 8.88. The lowest BCUT2D eigenvalue weighted by atomic mass is 9.99. The number of anilines is 1. The minimum absolute atomic E-state index is 0.635. The van der Waals surface area contributed by atoms with E-state index in [0.717, 1.165) is 42.3 Å². The number of hydrogen-bond donors (Lipinski definition) is 2. The Morgan fingerprint density at radius 1 is 1.29 bits per heavy atom. The van der Waals surface area contributed by atoms with E-state index in [4.69, 9.17) is 4.74 Å². The van der Waals surface area contributed by atoms with Crippen LogP contribution >= 0.6 is 0 Å². The van der Waals surface area contributed by atoms with Crippen molar-refractivity contribution in [3.8, 4) is 5.88 Å². The van der Waals surface area contributed by atoms with Crippen LogP contribution in [0.3, 0.4) is 0 Å². The summed E-state index contributed by atoms with van der Waals surface area (Å²) < 4.78 is 6.07. The first-order valence-corrected chi connectivity index (χ1v) is 7.69. The normalized spacial score (nSPS) is 16.1. The van der Waals surface area contributed by atoms with Gasteiger partial charge in [-0.25, -0.2) is 4.98 Å². The van der Waals surface area contributed by atoms with Crippen molar-refractivity contribution in [3.63, 3.8) is 0 Å². The molecule has 1 aromatic carbocycles. The van der Waals surface area contributed by atoms with Gasteiger partial charge in [-0.15, -0.1) is 0 Å². The van der Waals surface area contributed by atoms with Gasteiger partial charge in [0.25, 0.3) is 0 Å². The third-order valence-electron chi connectivity index (χ3n) is 4.15. The summed E-state index contributed by atoms with van der Waals surface area (Å²) in [6.07, 6.45) is 2.37. The Morgan fingerprint density at radius 2 is 2.10 bits per heavy atom. The first-order chi connectivity index (χ1) is 10.3. The number of aryl methyl sites for hydroxylation is 1. The highest BCUT2D eigenvalue weighted by atomic mass is 16.5. The number of benzene rings is 1. The molecule has 0 unspecified atom stereocenters. The molecule has 4 nitrogen and oxygen atoms in total. The Hall–Kier alpha value is -1.81. The fourth-order valence-corrected chi connectivity index (χ4v) is 2.94. The second-order valence-corrected chi connectivity index (χ2v) is 5.72. The molecule has 1 aromatic heterocycles. The van der Waals surface area contributed by atoms with Gasteiger partial charge in [-0.05, 0) is 57.0 Å². The summed E-state index contributed by atoms with van der Waals surface area (Å²) in [4.78, 5) is 4.60. The van der Waals surface area contributed by atoms with Crippen LogP contribution in [0.1, 0.15) is 18.5 Å². The lowest BCUT2D eigenvalue weighted by Gasteiger charge is -2.22. The first-order valence-electron chi connectivity index (χ1n) is 7.69.